The van der Waals surface area contributed by atoms with Gasteiger partial charge in [0.2, 0.25) is 0 Å². The SMILES string of the molecule is N#Cc1cc(Br)c([C@@H]2C[C@H]2C(=O)O)s1. The Morgan fingerprint density at radius 2 is 2.50 bits per heavy atom. The summed E-state index contributed by atoms with van der Waals surface area (Å²) in [7, 11) is 0. The predicted molar refractivity (Wildman–Crippen MR) is 55.2 cm³/mol. The summed E-state index contributed by atoms with van der Waals surface area (Å²) in [5, 5.41) is 17.4. The fraction of sp³-hybridized carbons (Fsp3) is 0.333. The monoisotopic (exact) mass is 271 g/mol. The number of carboxylic acids is 1. The van der Waals surface area contributed by atoms with E-state index in [4.69, 9.17) is 10.4 Å². The van der Waals surface area contributed by atoms with E-state index in [1.54, 1.807) is 6.07 Å². The lowest BCUT2D eigenvalue weighted by Crippen LogP contribution is -1.98. The molecule has 1 aromatic rings. The smallest absolute Gasteiger partial charge is 0.307 e. The number of hydrogen-bond donors (Lipinski definition) is 1. The molecule has 3 nitrogen and oxygen atoms in total. The van der Waals surface area contributed by atoms with Crippen molar-refractivity contribution in [2.45, 2.75) is 12.3 Å². The molecule has 72 valence electrons. The van der Waals surface area contributed by atoms with Gasteiger partial charge in [-0.2, -0.15) is 5.26 Å². The van der Waals surface area contributed by atoms with Gasteiger partial charge < -0.3 is 5.11 Å². The molecule has 0 radical (unpaired) electrons. The number of nitriles is 1. The van der Waals surface area contributed by atoms with Crippen LogP contribution in [-0.2, 0) is 4.79 Å². The van der Waals surface area contributed by atoms with Gasteiger partial charge in [0.05, 0.1) is 5.92 Å². The van der Waals surface area contributed by atoms with E-state index in [-0.39, 0.29) is 11.8 Å². The number of nitrogens with zero attached hydrogens (tertiary/aromatic N) is 1. The average molecular weight is 272 g/mol. The Kier molecular flexibility index (Phi) is 2.33. The number of hydrogen-bond acceptors (Lipinski definition) is 3. The van der Waals surface area contributed by atoms with Gasteiger partial charge in [0.15, 0.2) is 0 Å². The minimum absolute atomic E-state index is 0.106. The first kappa shape index (κ1) is 9.69. The predicted octanol–water partition coefficient (Wildman–Crippen LogP) is 2.57. The third kappa shape index (κ3) is 1.56. The molecule has 2 atom stereocenters. The first-order chi connectivity index (χ1) is 6.63. The van der Waals surface area contributed by atoms with E-state index < -0.39 is 5.97 Å². The van der Waals surface area contributed by atoms with Crippen molar-refractivity contribution in [3.63, 3.8) is 0 Å². The number of carboxylic acid groups (broad SMARTS) is 1. The molecular formula is C9H6BrNO2S. The number of aliphatic carboxylic acids is 1. The maximum Gasteiger partial charge on any atom is 0.307 e. The van der Waals surface area contributed by atoms with Crippen LogP contribution >= 0.6 is 27.3 Å². The lowest BCUT2D eigenvalue weighted by molar-refractivity contribution is -0.138. The molecule has 0 aromatic carbocycles. The van der Waals surface area contributed by atoms with Gasteiger partial charge in [-0.15, -0.1) is 11.3 Å². The highest BCUT2D eigenvalue weighted by atomic mass is 79.9. The molecule has 1 aromatic heterocycles. The molecule has 1 aliphatic rings. The second-order valence-electron chi connectivity index (χ2n) is 3.22. The third-order valence-corrected chi connectivity index (χ3v) is 4.36. The number of halogens is 1. The van der Waals surface area contributed by atoms with E-state index in [0.29, 0.717) is 11.3 Å². The van der Waals surface area contributed by atoms with Crippen LogP contribution in [0.1, 0.15) is 22.1 Å². The minimum Gasteiger partial charge on any atom is -0.481 e. The molecule has 0 aliphatic heterocycles. The van der Waals surface area contributed by atoms with Crippen LogP contribution in [0.5, 0.6) is 0 Å². The van der Waals surface area contributed by atoms with Crippen molar-refractivity contribution in [3.8, 4) is 6.07 Å². The summed E-state index contributed by atoms with van der Waals surface area (Å²) in [6.07, 6.45) is 0.694. The van der Waals surface area contributed by atoms with Crippen molar-refractivity contribution in [1.82, 2.24) is 0 Å². The van der Waals surface area contributed by atoms with E-state index in [9.17, 15) is 4.79 Å². The van der Waals surface area contributed by atoms with Crippen LogP contribution in [0, 0.1) is 17.2 Å². The van der Waals surface area contributed by atoms with Gasteiger partial charge in [0.1, 0.15) is 10.9 Å². The maximum absolute atomic E-state index is 10.7. The fourth-order valence-electron chi connectivity index (χ4n) is 1.45. The number of thiophene rings is 1. The highest BCUT2D eigenvalue weighted by Crippen LogP contribution is 2.52. The number of rotatable bonds is 2. The first-order valence-electron chi connectivity index (χ1n) is 4.05. The molecule has 0 amide bonds. The summed E-state index contributed by atoms with van der Waals surface area (Å²) in [4.78, 5) is 12.3. The molecule has 0 unspecified atom stereocenters. The lowest BCUT2D eigenvalue weighted by atomic mass is 10.2. The van der Waals surface area contributed by atoms with Crippen LogP contribution < -0.4 is 0 Å². The van der Waals surface area contributed by atoms with Gasteiger partial charge >= 0.3 is 5.97 Å². The first-order valence-corrected chi connectivity index (χ1v) is 5.66. The Hall–Kier alpha value is -0.860. The lowest BCUT2D eigenvalue weighted by Gasteiger charge is -1.92. The zero-order chi connectivity index (χ0) is 10.3. The van der Waals surface area contributed by atoms with E-state index >= 15 is 0 Å². The molecule has 1 saturated carbocycles. The largest absolute Gasteiger partial charge is 0.481 e. The Morgan fingerprint density at radius 3 is 2.93 bits per heavy atom. The molecule has 2 rings (SSSR count). The molecule has 0 bridgehead atoms. The van der Waals surface area contributed by atoms with E-state index in [0.717, 1.165) is 9.35 Å². The second kappa shape index (κ2) is 3.37. The summed E-state index contributed by atoms with van der Waals surface area (Å²) >= 11 is 4.72. The van der Waals surface area contributed by atoms with E-state index in [1.165, 1.54) is 11.3 Å². The zero-order valence-corrected chi connectivity index (χ0v) is 9.43. The topological polar surface area (TPSA) is 61.1 Å². The minimum atomic E-state index is -0.742. The molecule has 0 saturated heterocycles. The molecule has 14 heavy (non-hydrogen) atoms. The summed E-state index contributed by atoms with van der Waals surface area (Å²) < 4.78 is 0.868. The summed E-state index contributed by atoms with van der Waals surface area (Å²) in [6, 6.07) is 3.80. The maximum atomic E-state index is 10.7. The van der Waals surface area contributed by atoms with Crippen LogP contribution in [0.25, 0.3) is 0 Å². The van der Waals surface area contributed by atoms with Gasteiger partial charge in [0.25, 0.3) is 0 Å². The standard InChI is InChI=1S/C9H6BrNO2S/c10-7-1-4(3-11)14-8(7)5-2-6(5)9(12)13/h1,5-6H,2H2,(H,12,13)/t5-,6-/m1/s1. The highest BCUT2D eigenvalue weighted by Gasteiger charge is 2.46. The van der Waals surface area contributed by atoms with Gasteiger partial charge in [-0.25, -0.2) is 0 Å². The number of carbonyl (C=O) groups is 1. The van der Waals surface area contributed by atoms with Crippen LogP contribution in [0.2, 0.25) is 0 Å². The second-order valence-corrected chi connectivity index (χ2v) is 5.16. The Morgan fingerprint density at radius 1 is 1.79 bits per heavy atom. The van der Waals surface area contributed by atoms with Crippen LogP contribution in [0.4, 0.5) is 0 Å². The normalized spacial score (nSPS) is 24.3. The van der Waals surface area contributed by atoms with Gasteiger partial charge in [-0.1, -0.05) is 0 Å². The van der Waals surface area contributed by atoms with Crippen LogP contribution in [0.3, 0.4) is 0 Å². The third-order valence-electron chi connectivity index (χ3n) is 2.27. The summed E-state index contributed by atoms with van der Waals surface area (Å²) in [5.41, 5.74) is 0. The van der Waals surface area contributed by atoms with Crippen molar-refractivity contribution in [1.29, 1.82) is 5.26 Å². The van der Waals surface area contributed by atoms with Crippen molar-refractivity contribution in [2.24, 2.45) is 5.92 Å². The Balaban J connectivity index is 2.23. The Bertz CT molecular complexity index is 435. The zero-order valence-electron chi connectivity index (χ0n) is 7.03. The molecule has 1 aliphatic carbocycles. The van der Waals surface area contributed by atoms with Crippen molar-refractivity contribution < 1.29 is 9.90 Å². The quantitative estimate of drug-likeness (QED) is 0.900. The average Bonchev–Trinajstić information content (AvgIpc) is 2.84. The van der Waals surface area contributed by atoms with Gasteiger partial charge in [-0.05, 0) is 28.4 Å². The van der Waals surface area contributed by atoms with Crippen LogP contribution in [0.15, 0.2) is 10.5 Å². The molecule has 1 heterocycles. The van der Waals surface area contributed by atoms with E-state index in [2.05, 4.69) is 22.0 Å². The summed E-state index contributed by atoms with van der Waals surface area (Å²) in [6.45, 7) is 0. The van der Waals surface area contributed by atoms with E-state index in [1.807, 2.05) is 0 Å². The van der Waals surface area contributed by atoms with Gasteiger partial charge in [0, 0.05) is 15.3 Å². The van der Waals surface area contributed by atoms with Crippen LogP contribution in [-0.4, -0.2) is 11.1 Å². The van der Waals surface area contributed by atoms with Crippen molar-refractivity contribution in [3.05, 3.63) is 20.3 Å². The Labute approximate surface area is 93.1 Å². The molecular weight excluding hydrogens is 266 g/mol. The molecule has 1 fully saturated rings. The van der Waals surface area contributed by atoms with Gasteiger partial charge in [-0.3, -0.25) is 4.79 Å². The molecule has 1 N–H and O–H groups in total. The van der Waals surface area contributed by atoms with Crippen molar-refractivity contribution >= 4 is 33.2 Å². The highest BCUT2D eigenvalue weighted by molar-refractivity contribution is 9.10. The summed E-state index contributed by atoms with van der Waals surface area (Å²) in [5.74, 6) is -0.890. The fourth-order valence-corrected chi connectivity index (χ4v) is 3.39. The molecule has 5 heteroatoms. The molecule has 0 spiro atoms. The van der Waals surface area contributed by atoms with Crippen molar-refractivity contribution in [2.75, 3.05) is 0 Å².